The van der Waals surface area contributed by atoms with Gasteiger partial charge in [-0.05, 0) is 50.2 Å². The van der Waals surface area contributed by atoms with Crippen molar-refractivity contribution in [2.75, 3.05) is 46.4 Å². The van der Waals surface area contributed by atoms with E-state index in [1.807, 2.05) is 7.11 Å². The van der Waals surface area contributed by atoms with Crippen molar-refractivity contribution in [1.82, 2.24) is 10.2 Å². The van der Waals surface area contributed by atoms with E-state index in [4.69, 9.17) is 4.74 Å². The summed E-state index contributed by atoms with van der Waals surface area (Å²) >= 11 is 0. The highest BCUT2D eigenvalue weighted by molar-refractivity contribution is 5.85. The zero-order valence-electron chi connectivity index (χ0n) is 11.2. The van der Waals surface area contributed by atoms with E-state index in [1.54, 1.807) is 0 Å². The topological polar surface area (TPSA) is 24.5 Å². The van der Waals surface area contributed by atoms with Crippen LogP contribution in [0.2, 0.25) is 0 Å². The molecule has 2 heterocycles. The molecule has 2 aliphatic rings. The Labute approximate surface area is 112 Å². The molecule has 1 atom stereocenters. The Morgan fingerprint density at radius 3 is 2.59 bits per heavy atom. The molecule has 0 amide bonds. The maximum Gasteiger partial charge on any atom is 0.0491 e. The zero-order chi connectivity index (χ0) is 11.4. The van der Waals surface area contributed by atoms with Gasteiger partial charge in [0.15, 0.2) is 0 Å². The second-order valence-corrected chi connectivity index (χ2v) is 5.91. The third kappa shape index (κ3) is 4.40. The van der Waals surface area contributed by atoms with Crippen molar-refractivity contribution < 1.29 is 4.74 Å². The van der Waals surface area contributed by atoms with Crippen LogP contribution in [0.1, 0.15) is 26.2 Å². The van der Waals surface area contributed by atoms with Crippen LogP contribution >= 0.6 is 12.4 Å². The lowest BCUT2D eigenvalue weighted by atomic mass is 9.87. The highest BCUT2D eigenvalue weighted by Crippen LogP contribution is 2.28. The average molecular weight is 263 g/mol. The van der Waals surface area contributed by atoms with Gasteiger partial charge in [-0.3, -0.25) is 0 Å². The molecule has 0 aromatic rings. The van der Waals surface area contributed by atoms with Crippen LogP contribution < -0.4 is 5.32 Å². The van der Waals surface area contributed by atoms with Crippen molar-refractivity contribution in [2.45, 2.75) is 26.2 Å². The lowest BCUT2D eigenvalue weighted by Crippen LogP contribution is -2.42. The van der Waals surface area contributed by atoms with Crippen LogP contribution in [-0.2, 0) is 4.74 Å². The average Bonchev–Trinajstić information content (AvgIpc) is 2.68. The van der Waals surface area contributed by atoms with Gasteiger partial charge in [0.1, 0.15) is 0 Å². The first-order chi connectivity index (χ1) is 7.72. The van der Waals surface area contributed by atoms with Gasteiger partial charge in [0.25, 0.3) is 0 Å². The van der Waals surface area contributed by atoms with Crippen LogP contribution in [0.25, 0.3) is 0 Å². The largest absolute Gasteiger partial charge is 0.384 e. The molecular weight excluding hydrogens is 236 g/mol. The molecule has 0 saturated carbocycles. The number of halogens is 1. The summed E-state index contributed by atoms with van der Waals surface area (Å²) in [5.74, 6) is 0.802. The predicted molar refractivity (Wildman–Crippen MR) is 73.9 cm³/mol. The quantitative estimate of drug-likeness (QED) is 0.836. The molecule has 2 aliphatic heterocycles. The number of ether oxygens (including phenoxy) is 1. The highest BCUT2D eigenvalue weighted by Gasteiger charge is 2.31. The van der Waals surface area contributed by atoms with Gasteiger partial charge in [-0.1, -0.05) is 6.92 Å². The Morgan fingerprint density at radius 1 is 1.35 bits per heavy atom. The normalized spacial score (nSPS) is 31.4. The van der Waals surface area contributed by atoms with Crippen LogP contribution in [0.4, 0.5) is 0 Å². The summed E-state index contributed by atoms with van der Waals surface area (Å²) in [6.45, 7) is 9.59. The number of nitrogens with one attached hydrogen (secondary N) is 1. The van der Waals surface area contributed by atoms with Gasteiger partial charge in [-0.25, -0.2) is 0 Å². The smallest absolute Gasteiger partial charge is 0.0491 e. The molecule has 1 unspecified atom stereocenters. The van der Waals surface area contributed by atoms with Crippen LogP contribution in [0.15, 0.2) is 0 Å². The first kappa shape index (κ1) is 15.2. The lowest BCUT2D eigenvalue weighted by Gasteiger charge is -2.36. The van der Waals surface area contributed by atoms with E-state index < -0.39 is 0 Å². The van der Waals surface area contributed by atoms with Crippen LogP contribution in [0, 0.1) is 11.3 Å². The van der Waals surface area contributed by atoms with Crippen molar-refractivity contribution in [2.24, 2.45) is 11.3 Å². The molecule has 2 rings (SSSR count). The van der Waals surface area contributed by atoms with Crippen molar-refractivity contribution >= 4 is 12.4 Å². The number of hydrogen-bond donors (Lipinski definition) is 1. The fourth-order valence-corrected chi connectivity index (χ4v) is 3.09. The van der Waals surface area contributed by atoms with Crippen LogP contribution in [0.5, 0.6) is 0 Å². The summed E-state index contributed by atoms with van der Waals surface area (Å²) in [5, 5.41) is 3.48. The second kappa shape index (κ2) is 6.93. The van der Waals surface area contributed by atoms with Gasteiger partial charge in [0.2, 0.25) is 0 Å². The molecule has 2 saturated heterocycles. The third-order valence-electron chi connectivity index (χ3n) is 4.17. The molecule has 17 heavy (non-hydrogen) atoms. The standard InChI is InChI=1S/C13H26N2O.ClH/c1-13(5-6-14-10-13)11-15-7-3-12(4-8-15)9-16-2;/h12,14H,3-11H2,1-2H3;1H. The number of piperidine rings is 1. The number of likely N-dealkylation sites (tertiary alicyclic amines) is 1. The van der Waals surface area contributed by atoms with Crippen molar-refractivity contribution in [3.8, 4) is 0 Å². The summed E-state index contributed by atoms with van der Waals surface area (Å²) in [6, 6.07) is 0. The SMILES string of the molecule is COCC1CCN(CC2(C)CCNC2)CC1.Cl. The van der Waals surface area contributed by atoms with E-state index in [2.05, 4.69) is 17.1 Å². The minimum absolute atomic E-state index is 0. The second-order valence-electron chi connectivity index (χ2n) is 5.91. The molecule has 3 nitrogen and oxygen atoms in total. The van der Waals surface area contributed by atoms with Crippen molar-refractivity contribution in [1.29, 1.82) is 0 Å². The number of methoxy groups -OCH3 is 1. The Hall–Kier alpha value is 0.170. The minimum Gasteiger partial charge on any atom is -0.384 e. The summed E-state index contributed by atoms with van der Waals surface area (Å²) in [7, 11) is 1.82. The van der Waals surface area contributed by atoms with Crippen LogP contribution in [-0.4, -0.2) is 51.3 Å². The zero-order valence-corrected chi connectivity index (χ0v) is 12.0. The molecule has 1 N–H and O–H groups in total. The van der Waals surface area contributed by atoms with E-state index in [0.717, 1.165) is 12.5 Å². The third-order valence-corrected chi connectivity index (χ3v) is 4.17. The van der Waals surface area contributed by atoms with E-state index in [1.165, 1.54) is 52.0 Å². The summed E-state index contributed by atoms with van der Waals surface area (Å²) in [4.78, 5) is 2.65. The fourth-order valence-electron chi connectivity index (χ4n) is 3.09. The number of rotatable bonds is 4. The van der Waals surface area contributed by atoms with Gasteiger partial charge in [-0.2, -0.15) is 0 Å². The Morgan fingerprint density at radius 2 is 2.06 bits per heavy atom. The summed E-state index contributed by atoms with van der Waals surface area (Å²) in [5.41, 5.74) is 0.522. The summed E-state index contributed by atoms with van der Waals surface area (Å²) < 4.78 is 5.24. The minimum atomic E-state index is 0. The molecule has 0 spiro atoms. The molecule has 0 aromatic heterocycles. The molecule has 2 fully saturated rings. The first-order valence-corrected chi connectivity index (χ1v) is 6.64. The molecule has 0 aromatic carbocycles. The van der Waals surface area contributed by atoms with Gasteiger partial charge < -0.3 is 15.0 Å². The van der Waals surface area contributed by atoms with Crippen LogP contribution in [0.3, 0.4) is 0 Å². The molecule has 4 heteroatoms. The monoisotopic (exact) mass is 262 g/mol. The molecular formula is C13H27ClN2O. The molecule has 0 bridgehead atoms. The van der Waals surface area contributed by atoms with Gasteiger partial charge in [0, 0.05) is 26.8 Å². The summed E-state index contributed by atoms with van der Waals surface area (Å²) in [6.07, 6.45) is 3.97. The molecule has 0 aliphatic carbocycles. The van der Waals surface area contributed by atoms with E-state index in [9.17, 15) is 0 Å². The van der Waals surface area contributed by atoms with Gasteiger partial charge >= 0.3 is 0 Å². The van der Waals surface area contributed by atoms with Gasteiger partial charge in [0.05, 0.1) is 0 Å². The fraction of sp³-hybridized carbons (Fsp3) is 1.00. The predicted octanol–water partition coefficient (Wildman–Crippen LogP) is 1.77. The van der Waals surface area contributed by atoms with Crippen molar-refractivity contribution in [3.63, 3.8) is 0 Å². The number of nitrogens with zero attached hydrogens (tertiary/aromatic N) is 1. The van der Waals surface area contributed by atoms with E-state index >= 15 is 0 Å². The maximum absolute atomic E-state index is 5.24. The number of hydrogen-bond acceptors (Lipinski definition) is 3. The Balaban J connectivity index is 0.00000144. The van der Waals surface area contributed by atoms with Gasteiger partial charge in [-0.15, -0.1) is 12.4 Å². The molecule has 0 radical (unpaired) electrons. The van der Waals surface area contributed by atoms with Crippen molar-refractivity contribution in [3.05, 3.63) is 0 Å². The van der Waals surface area contributed by atoms with E-state index in [0.29, 0.717) is 5.41 Å². The highest BCUT2D eigenvalue weighted by atomic mass is 35.5. The molecule has 102 valence electrons. The lowest BCUT2D eigenvalue weighted by molar-refractivity contribution is 0.0813. The Kier molecular flexibility index (Phi) is 6.21. The first-order valence-electron chi connectivity index (χ1n) is 6.64. The Bertz CT molecular complexity index is 211. The maximum atomic E-state index is 5.24. The van der Waals surface area contributed by atoms with E-state index in [-0.39, 0.29) is 12.4 Å².